The van der Waals surface area contributed by atoms with E-state index in [-0.39, 0.29) is 5.91 Å². The minimum absolute atomic E-state index is 0.0318. The number of aryl methyl sites for hydroxylation is 1. The van der Waals surface area contributed by atoms with Crippen molar-refractivity contribution in [2.24, 2.45) is 0 Å². The molecule has 4 nitrogen and oxygen atoms in total. The van der Waals surface area contributed by atoms with Gasteiger partial charge in [-0.2, -0.15) is 0 Å². The van der Waals surface area contributed by atoms with Crippen molar-refractivity contribution in [3.63, 3.8) is 0 Å². The van der Waals surface area contributed by atoms with Crippen molar-refractivity contribution < 1.29 is 4.79 Å². The molecule has 1 N–H and O–H groups in total. The van der Waals surface area contributed by atoms with Gasteiger partial charge in [-0.1, -0.05) is 24.3 Å². The predicted molar refractivity (Wildman–Crippen MR) is 90.3 cm³/mol. The van der Waals surface area contributed by atoms with Crippen molar-refractivity contribution in [3.05, 3.63) is 47.0 Å². The van der Waals surface area contributed by atoms with Crippen molar-refractivity contribution >= 4 is 22.4 Å². The number of anilines is 1. The molecule has 1 aromatic heterocycles. The predicted octanol–water partition coefficient (Wildman–Crippen LogP) is 3.27. The van der Waals surface area contributed by atoms with Crippen LogP contribution in [-0.2, 0) is 4.79 Å². The molecule has 1 aliphatic rings. The zero-order chi connectivity index (χ0) is 15.4. The van der Waals surface area contributed by atoms with Crippen LogP contribution in [0.5, 0.6) is 0 Å². The number of thiazole rings is 1. The maximum atomic E-state index is 12.0. The molecule has 0 bridgehead atoms. The molecule has 0 radical (unpaired) electrons. The lowest BCUT2D eigenvalue weighted by atomic mass is 9.87. The van der Waals surface area contributed by atoms with Gasteiger partial charge in [0.1, 0.15) is 0 Å². The first-order valence-electron chi connectivity index (χ1n) is 7.69. The number of benzene rings is 1. The first-order valence-corrected chi connectivity index (χ1v) is 8.57. The summed E-state index contributed by atoms with van der Waals surface area (Å²) < 4.78 is 0. The highest BCUT2D eigenvalue weighted by molar-refractivity contribution is 7.13. The maximum Gasteiger partial charge on any atom is 0.240 e. The summed E-state index contributed by atoms with van der Waals surface area (Å²) in [5.41, 5.74) is 2.84. The van der Waals surface area contributed by atoms with E-state index in [1.54, 1.807) is 6.20 Å². The van der Waals surface area contributed by atoms with Crippen LogP contribution in [0.2, 0.25) is 0 Å². The number of nitrogens with one attached hydrogen (secondary N) is 1. The number of carbonyl (C=O) groups is 1. The molecule has 1 fully saturated rings. The van der Waals surface area contributed by atoms with Crippen LogP contribution in [-0.4, -0.2) is 35.4 Å². The fourth-order valence-electron chi connectivity index (χ4n) is 3.09. The zero-order valence-corrected chi connectivity index (χ0v) is 13.6. The van der Waals surface area contributed by atoms with Crippen LogP contribution in [0, 0.1) is 6.92 Å². The van der Waals surface area contributed by atoms with E-state index in [2.05, 4.69) is 46.4 Å². The summed E-state index contributed by atoms with van der Waals surface area (Å²) in [6.07, 6.45) is 3.94. The fraction of sp³-hybridized carbons (Fsp3) is 0.412. The number of carbonyl (C=O) groups excluding carboxylic acids is 1. The molecule has 116 valence electrons. The molecule has 3 rings (SSSR count). The average Bonchev–Trinajstić information content (AvgIpc) is 3.01. The Morgan fingerprint density at radius 1 is 1.36 bits per heavy atom. The Morgan fingerprint density at radius 3 is 2.82 bits per heavy atom. The minimum atomic E-state index is 0.0318. The van der Waals surface area contributed by atoms with Crippen LogP contribution in [0.4, 0.5) is 5.13 Å². The van der Waals surface area contributed by atoms with Crippen LogP contribution < -0.4 is 5.32 Å². The summed E-state index contributed by atoms with van der Waals surface area (Å²) in [6, 6.07) is 8.64. The Bertz CT molecular complexity index is 619. The topological polar surface area (TPSA) is 45.2 Å². The summed E-state index contributed by atoms with van der Waals surface area (Å²) in [4.78, 5) is 18.3. The Labute approximate surface area is 135 Å². The summed E-state index contributed by atoms with van der Waals surface area (Å²) in [6.45, 7) is 4.60. The number of piperidine rings is 1. The second kappa shape index (κ2) is 7.03. The molecular formula is C17H21N3OS. The smallest absolute Gasteiger partial charge is 0.240 e. The first kappa shape index (κ1) is 15.2. The van der Waals surface area contributed by atoms with E-state index < -0.39 is 0 Å². The molecule has 1 aliphatic heterocycles. The van der Waals surface area contributed by atoms with Crippen molar-refractivity contribution in [2.75, 3.05) is 25.0 Å². The molecule has 0 spiro atoms. The van der Waals surface area contributed by atoms with Crippen molar-refractivity contribution in [2.45, 2.75) is 25.7 Å². The zero-order valence-electron chi connectivity index (χ0n) is 12.8. The van der Waals surface area contributed by atoms with E-state index in [4.69, 9.17) is 0 Å². The monoisotopic (exact) mass is 315 g/mol. The van der Waals surface area contributed by atoms with E-state index in [1.807, 2.05) is 5.38 Å². The standard InChI is InChI=1S/C17H21N3OS/c1-13-4-2-3-5-15(13)14-6-9-20(10-7-14)12-16(21)19-17-18-8-11-22-17/h2-5,8,11,14H,6-7,9-10,12H2,1H3,(H,18,19,21). The van der Waals surface area contributed by atoms with Crippen LogP contribution >= 0.6 is 11.3 Å². The highest BCUT2D eigenvalue weighted by Crippen LogP contribution is 2.29. The number of nitrogens with zero attached hydrogens (tertiary/aromatic N) is 2. The molecule has 0 unspecified atom stereocenters. The SMILES string of the molecule is Cc1ccccc1C1CCN(CC(=O)Nc2nccs2)CC1. The second-order valence-electron chi connectivity index (χ2n) is 5.79. The molecule has 5 heteroatoms. The maximum absolute atomic E-state index is 12.0. The van der Waals surface area contributed by atoms with Gasteiger partial charge in [-0.05, 0) is 49.9 Å². The molecule has 0 saturated carbocycles. The summed E-state index contributed by atoms with van der Waals surface area (Å²) in [5, 5.41) is 5.39. The highest BCUT2D eigenvalue weighted by Gasteiger charge is 2.22. The summed E-state index contributed by atoms with van der Waals surface area (Å²) in [7, 11) is 0. The number of amides is 1. The molecular weight excluding hydrogens is 294 g/mol. The van der Waals surface area contributed by atoms with Gasteiger partial charge in [0, 0.05) is 11.6 Å². The van der Waals surface area contributed by atoms with E-state index in [1.165, 1.54) is 22.5 Å². The fourth-order valence-corrected chi connectivity index (χ4v) is 3.64. The van der Waals surface area contributed by atoms with Gasteiger partial charge in [0.2, 0.25) is 5.91 Å². The Kier molecular flexibility index (Phi) is 4.85. The lowest BCUT2D eigenvalue weighted by Crippen LogP contribution is -2.38. The Balaban J connectivity index is 1.49. The third-order valence-corrected chi connectivity index (χ3v) is 4.95. The van der Waals surface area contributed by atoms with Gasteiger partial charge in [0.05, 0.1) is 6.54 Å². The first-order chi connectivity index (χ1) is 10.7. The van der Waals surface area contributed by atoms with Gasteiger partial charge >= 0.3 is 0 Å². The number of likely N-dealkylation sites (tertiary alicyclic amines) is 1. The largest absolute Gasteiger partial charge is 0.301 e. The van der Waals surface area contributed by atoms with Crippen LogP contribution in [0.15, 0.2) is 35.8 Å². The second-order valence-corrected chi connectivity index (χ2v) is 6.69. The van der Waals surface area contributed by atoms with Crippen molar-refractivity contribution in [3.8, 4) is 0 Å². The molecule has 2 aromatic rings. The van der Waals surface area contributed by atoms with Crippen LogP contribution in [0.1, 0.15) is 29.9 Å². The number of hydrogen-bond donors (Lipinski definition) is 1. The van der Waals surface area contributed by atoms with Gasteiger partial charge < -0.3 is 5.32 Å². The molecule has 22 heavy (non-hydrogen) atoms. The van der Waals surface area contributed by atoms with Crippen LogP contribution in [0.25, 0.3) is 0 Å². The molecule has 1 aromatic carbocycles. The van der Waals surface area contributed by atoms with E-state index in [0.717, 1.165) is 25.9 Å². The third kappa shape index (κ3) is 3.72. The lowest BCUT2D eigenvalue weighted by Gasteiger charge is -2.32. The number of hydrogen-bond acceptors (Lipinski definition) is 4. The van der Waals surface area contributed by atoms with Gasteiger partial charge in [-0.3, -0.25) is 9.69 Å². The Morgan fingerprint density at radius 2 is 2.14 bits per heavy atom. The number of rotatable bonds is 4. The lowest BCUT2D eigenvalue weighted by molar-refractivity contribution is -0.117. The van der Waals surface area contributed by atoms with Gasteiger partial charge in [0.25, 0.3) is 0 Å². The molecule has 0 atom stereocenters. The molecule has 2 heterocycles. The van der Waals surface area contributed by atoms with Crippen molar-refractivity contribution in [1.82, 2.24) is 9.88 Å². The summed E-state index contributed by atoms with van der Waals surface area (Å²) in [5.74, 6) is 0.656. The molecule has 0 aliphatic carbocycles. The summed E-state index contributed by atoms with van der Waals surface area (Å²) >= 11 is 1.45. The molecule has 1 amide bonds. The number of aromatic nitrogens is 1. The van der Waals surface area contributed by atoms with Crippen LogP contribution in [0.3, 0.4) is 0 Å². The van der Waals surface area contributed by atoms with Gasteiger partial charge in [-0.15, -0.1) is 11.3 Å². The average molecular weight is 315 g/mol. The third-order valence-electron chi connectivity index (χ3n) is 4.26. The van der Waals surface area contributed by atoms with Crippen molar-refractivity contribution in [1.29, 1.82) is 0 Å². The van der Waals surface area contributed by atoms with E-state index in [0.29, 0.717) is 17.6 Å². The Hall–Kier alpha value is -1.72. The highest BCUT2D eigenvalue weighted by atomic mass is 32.1. The van der Waals surface area contributed by atoms with E-state index >= 15 is 0 Å². The van der Waals surface area contributed by atoms with Gasteiger partial charge in [-0.25, -0.2) is 4.98 Å². The minimum Gasteiger partial charge on any atom is -0.301 e. The normalized spacial score (nSPS) is 16.6. The van der Waals surface area contributed by atoms with E-state index in [9.17, 15) is 4.79 Å². The molecule has 1 saturated heterocycles. The quantitative estimate of drug-likeness (QED) is 0.942. The van der Waals surface area contributed by atoms with Gasteiger partial charge in [0.15, 0.2) is 5.13 Å².